The molecule has 0 aromatic heterocycles. The molecule has 2 fully saturated rings. The Labute approximate surface area is 92.2 Å². The Bertz CT molecular complexity index is 190. The van der Waals surface area contributed by atoms with Gasteiger partial charge in [-0.05, 0) is 25.9 Å². The Kier molecular flexibility index (Phi) is 3.97. The smallest absolute Gasteiger partial charge is 0.0590 e. The minimum atomic E-state index is 0.318. The lowest BCUT2D eigenvalue weighted by atomic mass is 9.97. The average Bonchev–Trinajstić information content (AvgIpc) is 2.68. The summed E-state index contributed by atoms with van der Waals surface area (Å²) in [5.41, 5.74) is 0. The summed E-state index contributed by atoms with van der Waals surface area (Å²) < 4.78 is 0. The van der Waals surface area contributed by atoms with E-state index in [0.717, 1.165) is 32.7 Å². The third-order valence-electron chi connectivity index (χ3n) is 3.78. The zero-order chi connectivity index (χ0) is 10.7. The first kappa shape index (κ1) is 11.3. The predicted molar refractivity (Wildman–Crippen MR) is 60.9 cm³/mol. The Morgan fingerprint density at radius 2 is 2.07 bits per heavy atom. The Balaban J connectivity index is 1.90. The van der Waals surface area contributed by atoms with Crippen molar-refractivity contribution in [2.24, 2.45) is 5.92 Å². The number of rotatable bonds is 3. The number of aliphatic hydroxyl groups is 1. The number of hydrogen-bond acceptors (Lipinski definition) is 4. The molecule has 0 radical (unpaired) electrons. The number of hydrogen-bond donors (Lipinski definition) is 2. The normalized spacial score (nSPS) is 32.0. The first-order chi connectivity index (χ1) is 7.31. The van der Waals surface area contributed by atoms with E-state index >= 15 is 0 Å². The van der Waals surface area contributed by atoms with Crippen LogP contribution in [-0.4, -0.2) is 73.9 Å². The van der Waals surface area contributed by atoms with Gasteiger partial charge >= 0.3 is 0 Å². The molecule has 0 bridgehead atoms. The first-order valence-electron chi connectivity index (χ1n) is 6.05. The monoisotopic (exact) mass is 213 g/mol. The second kappa shape index (κ2) is 5.25. The van der Waals surface area contributed by atoms with Gasteiger partial charge in [0.15, 0.2) is 0 Å². The third kappa shape index (κ3) is 2.69. The summed E-state index contributed by atoms with van der Waals surface area (Å²) in [6.07, 6.45) is 1.24. The number of nitrogens with zero attached hydrogens (tertiary/aromatic N) is 2. The Hall–Kier alpha value is -0.160. The van der Waals surface area contributed by atoms with Crippen molar-refractivity contribution >= 4 is 0 Å². The maximum absolute atomic E-state index is 9.54. The van der Waals surface area contributed by atoms with E-state index in [1.165, 1.54) is 13.0 Å². The van der Waals surface area contributed by atoms with Crippen LogP contribution in [0.5, 0.6) is 0 Å². The largest absolute Gasteiger partial charge is 0.395 e. The summed E-state index contributed by atoms with van der Waals surface area (Å²) >= 11 is 0. The van der Waals surface area contributed by atoms with Crippen molar-refractivity contribution in [3.63, 3.8) is 0 Å². The van der Waals surface area contributed by atoms with E-state index in [2.05, 4.69) is 22.2 Å². The molecule has 2 unspecified atom stereocenters. The molecule has 2 heterocycles. The van der Waals surface area contributed by atoms with E-state index in [0.29, 0.717) is 18.6 Å². The van der Waals surface area contributed by atoms with Crippen LogP contribution < -0.4 is 5.32 Å². The van der Waals surface area contributed by atoms with Gasteiger partial charge in [-0.3, -0.25) is 4.90 Å². The molecule has 0 aliphatic carbocycles. The summed E-state index contributed by atoms with van der Waals surface area (Å²) in [5.74, 6) is 0.665. The topological polar surface area (TPSA) is 38.7 Å². The van der Waals surface area contributed by atoms with E-state index in [-0.39, 0.29) is 0 Å². The molecule has 4 nitrogen and oxygen atoms in total. The second-order valence-corrected chi connectivity index (χ2v) is 4.85. The van der Waals surface area contributed by atoms with Crippen molar-refractivity contribution in [3.8, 4) is 0 Å². The van der Waals surface area contributed by atoms with Gasteiger partial charge in [-0.25, -0.2) is 0 Å². The van der Waals surface area contributed by atoms with Gasteiger partial charge in [0.25, 0.3) is 0 Å². The van der Waals surface area contributed by atoms with E-state index in [1.807, 2.05) is 0 Å². The number of aliphatic hydroxyl groups excluding tert-OH is 1. The maximum atomic E-state index is 9.54. The standard InChI is InChI=1S/C11H23N3O/c1-13-5-2-10(8-13)11(9-15)14-6-3-12-4-7-14/h10-12,15H,2-9H2,1H3. The highest BCUT2D eigenvalue weighted by molar-refractivity contribution is 4.87. The summed E-state index contributed by atoms with van der Waals surface area (Å²) in [5, 5.41) is 12.9. The predicted octanol–water partition coefficient (Wildman–Crippen LogP) is -0.796. The SMILES string of the molecule is CN1CCC(C(CO)N2CCNCC2)C1. The molecule has 2 aliphatic heterocycles. The summed E-state index contributed by atoms with van der Waals surface area (Å²) in [6.45, 7) is 6.97. The molecule has 2 atom stereocenters. The van der Waals surface area contributed by atoms with Gasteiger partial charge in [0.05, 0.1) is 6.61 Å². The lowest BCUT2D eigenvalue weighted by Gasteiger charge is -2.37. The molecule has 0 aromatic rings. The highest BCUT2D eigenvalue weighted by Crippen LogP contribution is 2.22. The quantitative estimate of drug-likeness (QED) is 0.644. The van der Waals surface area contributed by atoms with E-state index in [1.54, 1.807) is 0 Å². The zero-order valence-electron chi connectivity index (χ0n) is 9.65. The van der Waals surface area contributed by atoms with Crippen molar-refractivity contribution in [3.05, 3.63) is 0 Å². The van der Waals surface area contributed by atoms with Gasteiger partial charge < -0.3 is 15.3 Å². The average molecular weight is 213 g/mol. The van der Waals surface area contributed by atoms with Crippen molar-refractivity contribution in [2.75, 3.05) is 52.9 Å². The fourth-order valence-electron chi connectivity index (χ4n) is 2.86. The highest BCUT2D eigenvalue weighted by atomic mass is 16.3. The summed E-state index contributed by atoms with van der Waals surface area (Å²) in [4.78, 5) is 4.83. The van der Waals surface area contributed by atoms with Crippen LogP contribution in [0.4, 0.5) is 0 Å². The van der Waals surface area contributed by atoms with Crippen LogP contribution in [0.1, 0.15) is 6.42 Å². The maximum Gasteiger partial charge on any atom is 0.0590 e. The minimum absolute atomic E-state index is 0.318. The van der Waals surface area contributed by atoms with Crippen LogP contribution >= 0.6 is 0 Å². The molecule has 4 heteroatoms. The first-order valence-corrected chi connectivity index (χ1v) is 6.05. The molecule has 0 aromatic carbocycles. The fourth-order valence-corrected chi connectivity index (χ4v) is 2.86. The molecule has 2 saturated heterocycles. The molecule has 0 spiro atoms. The summed E-state index contributed by atoms with van der Waals surface area (Å²) in [7, 11) is 2.17. The van der Waals surface area contributed by atoms with E-state index < -0.39 is 0 Å². The molecule has 15 heavy (non-hydrogen) atoms. The van der Waals surface area contributed by atoms with Gasteiger partial charge in [-0.2, -0.15) is 0 Å². The number of likely N-dealkylation sites (tertiary alicyclic amines) is 1. The van der Waals surface area contributed by atoms with Gasteiger partial charge in [0.2, 0.25) is 0 Å². The highest BCUT2D eigenvalue weighted by Gasteiger charge is 2.31. The van der Waals surface area contributed by atoms with Crippen molar-refractivity contribution in [2.45, 2.75) is 12.5 Å². The van der Waals surface area contributed by atoms with Crippen LogP contribution in [0.2, 0.25) is 0 Å². The van der Waals surface area contributed by atoms with Crippen molar-refractivity contribution in [1.82, 2.24) is 15.1 Å². The van der Waals surface area contributed by atoms with Gasteiger partial charge in [0, 0.05) is 38.8 Å². The fraction of sp³-hybridized carbons (Fsp3) is 1.00. The second-order valence-electron chi connectivity index (χ2n) is 4.85. The minimum Gasteiger partial charge on any atom is -0.395 e. The lowest BCUT2D eigenvalue weighted by molar-refractivity contribution is 0.0728. The van der Waals surface area contributed by atoms with Crippen molar-refractivity contribution in [1.29, 1.82) is 0 Å². The van der Waals surface area contributed by atoms with Crippen LogP contribution in [-0.2, 0) is 0 Å². The Morgan fingerprint density at radius 1 is 1.33 bits per heavy atom. The molecule has 0 amide bonds. The Morgan fingerprint density at radius 3 is 2.60 bits per heavy atom. The van der Waals surface area contributed by atoms with Gasteiger partial charge in [0.1, 0.15) is 0 Å². The van der Waals surface area contributed by atoms with Gasteiger partial charge in [-0.15, -0.1) is 0 Å². The number of nitrogens with one attached hydrogen (secondary N) is 1. The molecule has 2 aliphatic rings. The van der Waals surface area contributed by atoms with Crippen LogP contribution in [0.15, 0.2) is 0 Å². The molecular formula is C11H23N3O. The van der Waals surface area contributed by atoms with Gasteiger partial charge in [-0.1, -0.05) is 0 Å². The van der Waals surface area contributed by atoms with Crippen LogP contribution in [0.25, 0.3) is 0 Å². The third-order valence-corrected chi connectivity index (χ3v) is 3.78. The van der Waals surface area contributed by atoms with Crippen LogP contribution in [0.3, 0.4) is 0 Å². The summed E-state index contributed by atoms with van der Waals surface area (Å²) in [6, 6.07) is 0.386. The number of piperazine rings is 1. The molecule has 2 N–H and O–H groups in total. The van der Waals surface area contributed by atoms with Crippen molar-refractivity contribution < 1.29 is 5.11 Å². The van der Waals surface area contributed by atoms with E-state index in [9.17, 15) is 5.11 Å². The molecule has 88 valence electrons. The van der Waals surface area contributed by atoms with E-state index in [4.69, 9.17) is 0 Å². The zero-order valence-corrected chi connectivity index (χ0v) is 9.65. The van der Waals surface area contributed by atoms with Crippen LogP contribution in [0, 0.1) is 5.92 Å². The molecular weight excluding hydrogens is 190 g/mol. The molecule has 0 saturated carbocycles. The lowest BCUT2D eigenvalue weighted by Crippen LogP contribution is -2.52. The molecule has 2 rings (SSSR count).